The smallest absolute Gasteiger partial charge is 0 e. The minimum atomic E-state index is -1.87. The van der Waals surface area contributed by atoms with Crippen LogP contribution in [0.25, 0.3) is 55.6 Å². The summed E-state index contributed by atoms with van der Waals surface area (Å²) in [6, 6.07) is 40.4. The molecule has 0 unspecified atom stereocenters. The van der Waals surface area contributed by atoms with E-state index in [2.05, 4.69) is 161 Å². The number of hydrogen-bond donors (Lipinski definition) is 0. The molecule has 1 radical (unpaired) electrons. The number of aromatic nitrogens is 2. The van der Waals surface area contributed by atoms with Crippen LogP contribution in [0.5, 0.6) is 0 Å². The van der Waals surface area contributed by atoms with E-state index in [4.69, 9.17) is 9.40 Å². The first-order valence-corrected chi connectivity index (χ1v) is 25.4. The van der Waals surface area contributed by atoms with Crippen molar-refractivity contribution in [3.63, 3.8) is 0 Å². The second-order valence-corrected chi connectivity index (χ2v) is 27.0. The standard InChI is InChI=1S/C28H24NO.C19H26GeN.Ir/c1-28(2,3)18-19-13-14-29-25(15-19)22-10-12-27-24(17-22)23-16-21(9-11-26(23)30-27)20-7-5-4-6-8-20;1-14(2)10-17-12-19(16-9-7-8-15(3)11-16)21-13-18(17)20(4,5)6;/h4-9,11-17H,18H2,1-3H3;7-8,11-14H,10H2,1-6H3;/q2*-1;. The van der Waals surface area contributed by atoms with Gasteiger partial charge in [-0.3, -0.25) is 0 Å². The van der Waals surface area contributed by atoms with Gasteiger partial charge in [0.15, 0.2) is 0 Å². The van der Waals surface area contributed by atoms with Crippen LogP contribution in [0, 0.1) is 30.4 Å². The van der Waals surface area contributed by atoms with Crippen LogP contribution in [0.4, 0.5) is 0 Å². The monoisotopic (exact) mass is 925 g/mol. The van der Waals surface area contributed by atoms with E-state index in [1.165, 1.54) is 27.8 Å². The molecule has 0 saturated heterocycles. The van der Waals surface area contributed by atoms with E-state index in [9.17, 15) is 0 Å². The molecule has 0 aliphatic carbocycles. The average molecular weight is 924 g/mol. The largest absolute Gasteiger partial charge is 0 e. The van der Waals surface area contributed by atoms with Crippen LogP contribution in [-0.4, -0.2) is 23.2 Å². The predicted molar refractivity (Wildman–Crippen MR) is 219 cm³/mol. The zero-order chi connectivity index (χ0) is 36.3. The van der Waals surface area contributed by atoms with Gasteiger partial charge in [0.05, 0.1) is 5.58 Å². The van der Waals surface area contributed by atoms with Gasteiger partial charge in [-0.05, 0) is 46.9 Å². The van der Waals surface area contributed by atoms with E-state index >= 15 is 0 Å². The predicted octanol–water partition coefficient (Wildman–Crippen LogP) is 12.3. The quantitative estimate of drug-likeness (QED) is 0.118. The normalized spacial score (nSPS) is 11.7. The number of aryl methyl sites for hydroxylation is 1. The molecule has 0 fully saturated rings. The fourth-order valence-electron chi connectivity index (χ4n) is 6.68. The Kier molecular flexibility index (Phi) is 12.5. The van der Waals surface area contributed by atoms with E-state index in [1.54, 1.807) is 4.40 Å². The Hall–Kier alpha value is -3.83. The first-order chi connectivity index (χ1) is 24.2. The second-order valence-electron chi connectivity index (χ2n) is 16.4. The molecule has 0 atom stereocenters. The van der Waals surface area contributed by atoms with Gasteiger partial charge in [-0.15, -0.1) is 23.8 Å². The maximum atomic E-state index is 6.07. The van der Waals surface area contributed by atoms with Crippen LogP contribution in [0.3, 0.4) is 0 Å². The van der Waals surface area contributed by atoms with Crippen LogP contribution in [-0.2, 0) is 32.9 Å². The van der Waals surface area contributed by atoms with Gasteiger partial charge in [0, 0.05) is 31.7 Å². The number of fused-ring (bicyclic) bond motifs is 3. The molecule has 0 aliphatic rings. The maximum absolute atomic E-state index is 6.07. The summed E-state index contributed by atoms with van der Waals surface area (Å²) in [7, 11) is 0. The molecule has 52 heavy (non-hydrogen) atoms. The number of hydrogen-bond acceptors (Lipinski definition) is 3. The van der Waals surface area contributed by atoms with Crippen molar-refractivity contribution in [2.45, 2.75) is 71.7 Å². The molecule has 3 nitrogen and oxygen atoms in total. The van der Waals surface area contributed by atoms with Crippen LogP contribution in [0.1, 0.15) is 51.3 Å². The van der Waals surface area contributed by atoms with Gasteiger partial charge in [0.2, 0.25) is 0 Å². The molecule has 0 bridgehead atoms. The van der Waals surface area contributed by atoms with Gasteiger partial charge >= 0.3 is 132 Å². The molecular formula is C47H50GeIrN2O-2. The van der Waals surface area contributed by atoms with Gasteiger partial charge in [-0.1, -0.05) is 74.2 Å². The third-order valence-corrected chi connectivity index (χ3v) is 13.3. The summed E-state index contributed by atoms with van der Waals surface area (Å²) in [6.45, 7) is 13.5. The average Bonchev–Trinajstić information content (AvgIpc) is 3.45. The first kappa shape index (κ1) is 39.4. The summed E-state index contributed by atoms with van der Waals surface area (Å²) in [5.41, 5.74) is 12.5. The summed E-state index contributed by atoms with van der Waals surface area (Å²) < 4.78 is 7.61. The number of pyridine rings is 2. The van der Waals surface area contributed by atoms with Crippen molar-refractivity contribution in [2.75, 3.05) is 0 Å². The zero-order valence-corrected chi connectivity index (χ0v) is 36.5. The van der Waals surface area contributed by atoms with Gasteiger partial charge in [-0.25, -0.2) is 0 Å². The Morgan fingerprint density at radius 2 is 1.46 bits per heavy atom. The molecule has 0 saturated carbocycles. The molecule has 3 aromatic heterocycles. The van der Waals surface area contributed by atoms with Crippen molar-refractivity contribution in [2.24, 2.45) is 11.3 Å². The number of furan rings is 1. The number of benzene rings is 4. The van der Waals surface area contributed by atoms with E-state index in [0.29, 0.717) is 5.92 Å². The van der Waals surface area contributed by atoms with E-state index in [1.807, 2.05) is 24.4 Å². The van der Waals surface area contributed by atoms with Crippen LogP contribution in [0.15, 0.2) is 114 Å². The topological polar surface area (TPSA) is 38.9 Å². The Labute approximate surface area is 327 Å². The third-order valence-electron chi connectivity index (χ3n) is 9.00. The zero-order valence-electron chi connectivity index (χ0n) is 32.0. The van der Waals surface area contributed by atoms with Crippen LogP contribution in [0.2, 0.25) is 17.3 Å². The molecule has 0 N–H and O–H groups in total. The SMILES string of the molecule is CC(C)(C)Cc1ccnc(-c2[c-]cc3oc4ccc(-c5ccccc5)cc4c3c2)c1.Cc1cc[c-]c(-c2cc(CC(C)C)[c]([Ge]([CH3])([CH3])[CH3])cn2)c1.[Ir]. The summed E-state index contributed by atoms with van der Waals surface area (Å²) in [6.07, 6.45) is 6.19. The van der Waals surface area contributed by atoms with Gasteiger partial charge in [0.1, 0.15) is 5.58 Å². The third kappa shape index (κ3) is 9.78. The van der Waals surface area contributed by atoms with Gasteiger partial charge < -0.3 is 9.40 Å². The summed E-state index contributed by atoms with van der Waals surface area (Å²) in [5.74, 6) is 8.00. The Morgan fingerprint density at radius 3 is 2.15 bits per heavy atom. The Bertz CT molecular complexity index is 2280. The van der Waals surface area contributed by atoms with Crippen LogP contribution >= 0.6 is 0 Å². The molecule has 5 heteroatoms. The molecule has 0 spiro atoms. The molecule has 7 aromatic rings. The molecule has 7 rings (SSSR count). The number of rotatable bonds is 7. The van der Waals surface area contributed by atoms with E-state index in [-0.39, 0.29) is 25.5 Å². The molecule has 0 aliphatic heterocycles. The van der Waals surface area contributed by atoms with E-state index < -0.39 is 13.3 Å². The van der Waals surface area contributed by atoms with Gasteiger partial charge in [-0.2, -0.15) is 0 Å². The van der Waals surface area contributed by atoms with Crippen molar-refractivity contribution in [3.8, 4) is 33.6 Å². The second kappa shape index (κ2) is 16.5. The molecule has 3 heterocycles. The van der Waals surface area contributed by atoms with Crippen molar-refractivity contribution < 1.29 is 24.5 Å². The summed E-state index contributed by atoms with van der Waals surface area (Å²) >= 11 is -1.87. The Balaban J connectivity index is 0.000000210. The first-order valence-electron chi connectivity index (χ1n) is 18.1. The van der Waals surface area contributed by atoms with Crippen molar-refractivity contribution in [3.05, 3.63) is 138 Å². The fourth-order valence-corrected chi connectivity index (χ4v) is 10.0. The molecule has 269 valence electrons. The summed E-state index contributed by atoms with van der Waals surface area (Å²) in [5, 5.41) is 2.21. The number of nitrogens with zero attached hydrogens (tertiary/aromatic N) is 2. The molecule has 4 aromatic carbocycles. The van der Waals surface area contributed by atoms with E-state index in [0.717, 1.165) is 57.3 Å². The maximum Gasteiger partial charge on any atom is 0 e. The van der Waals surface area contributed by atoms with Gasteiger partial charge in [0.25, 0.3) is 0 Å². The van der Waals surface area contributed by atoms with Crippen molar-refractivity contribution >= 4 is 39.6 Å². The van der Waals surface area contributed by atoms with Crippen molar-refractivity contribution in [1.82, 2.24) is 9.97 Å². The fraction of sp³-hybridized carbons (Fsp3) is 0.277. The Morgan fingerprint density at radius 1 is 0.750 bits per heavy atom. The summed E-state index contributed by atoms with van der Waals surface area (Å²) in [4.78, 5) is 9.35. The molecular weight excluding hydrogens is 873 g/mol. The van der Waals surface area contributed by atoms with Crippen LogP contribution < -0.4 is 4.40 Å². The molecule has 0 amide bonds. The van der Waals surface area contributed by atoms with Crippen molar-refractivity contribution in [1.29, 1.82) is 0 Å². The minimum absolute atomic E-state index is 0. The minimum Gasteiger partial charge on any atom is 0 e.